The van der Waals surface area contributed by atoms with E-state index in [1.165, 1.54) is 0 Å². The van der Waals surface area contributed by atoms with E-state index < -0.39 is 6.64 Å². The Balaban J connectivity index is -0.00000000643. The molecule has 0 atom stereocenters. The molecule has 0 fully saturated rings. The van der Waals surface area contributed by atoms with E-state index in [0.717, 1.165) is 0 Å². The summed E-state index contributed by atoms with van der Waals surface area (Å²) >= 11 is 0. The molecule has 0 aromatic heterocycles. The molecule has 0 aliphatic carbocycles. The molecule has 0 bridgehead atoms. The zero-order chi connectivity index (χ0) is 6.41. The molecule has 0 rings (SSSR count). The van der Waals surface area contributed by atoms with Crippen molar-refractivity contribution in [3.05, 3.63) is 0 Å². The van der Waals surface area contributed by atoms with Crippen molar-refractivity contribution in [2.24, 2.45) is 0 Å². The quantitative estimate of drug-likeness (QED) is 0.257. The Morgan fingerprint density at radius 2 is 0.400 bits per heavy atom. The van der Waals surface area contributed by atoms with Gasteiger partial charge in [-0.05, 0) is 0 Å². The van der Waals surface area contributed by atoms with Crippen molar-refractivity contribution < 1.29 is 98.6 Å². The first-order valence-corrected chi connectivity index (χ1v) is 19.7. The SMILES string of the molecule is O.O.O.O.O.O.[Cl][Os-2]([Cl])([Cl])([Cl])([Cl])[Cl].[Na+].[Na+]. The second kappa shape index (κ2) is 14.5. The molecule has 0 amide bonds. The molecule has 0 saturated carbocycles. The predicted molar refractivity (Wildman–Crippen MR) is 56.8 cm³/mol. The molecule has 0 aromatic carbocycles. The molecule has 12 N–H and O–H groups in total. The van der Waals surface area contributed by atoms with E-state index in [1.54, 1.807) is 0 Å². The third kappa shape index (κ3) is 276. The van der Waals surface area contributed by atoms with Crippen LogP contribution in [0.3, 0.4) is 0 Å². The van der Waals surface area contributed by atoms with Gasteiger partial charge >= 0.3 is 124 Å². The van der Waals surface area contributed by atoms with Gasteiger partial charge in [0, 0.05) is 0 Å². The van der Waals surface area contributed by atoms with Crippen molar-refractivity contribution >= 4 is 57.8 Å². The maximum atomic E-state index is 5.06. The second-order valence-corrected chi connectivity index (χ2v) is 55.8. The monoisotopic (exact) mass is 556 g/mol. The second-order valence-electron chi connectivity index (χ2n) is 0.758. The van der Waals surface area contributed by atoms with Gasteiger partial charge in [0.15, 0.2) is 0 Å². The molecule has 0 spiro atoms. The van der Waals surface area contributed by atoms with Gasteiger partial charge in [-0.2, -0.15) is 0 Å². The Morgan fingerprint density at radius 1 is 0.400 bits per heavy atom. The fourth-order valence-electron chi connectivity index (χ4n) is 0. The van der Waals surface area contributed by atoms with Crippen molar-refractivity contribution in [1.82, 2.24) is 0 Å². The van der Waals surface area contributed by atoms with Crippen LogP contribution in [0.1, 0.15) is 0 Å². The minimum absolute atomic E-state index is 0. The molecule has 15 heavy (non-hydrogen) atoms. The van der Waals surface area contributed by atoms with Gasteiger partial charge in [0.2, 0.25) is 0 Å². The van der Waals surface area contributed by atoms with Crippen molar-refractivity contribution in [2.75, 3.05) is 0 Å². The molecule has 0 heterocycles. The average Bonchev–Trinajstić information content (AvgIpc) is 0.592. The van der Waals surface area contributed by atoms with Crippen LogP contribution in [0.5, 0.6) is 0 Å². The summed E-state index contributed by atoms with van der Waals surface area (Å²) in [5.74, 6) is 0. The Hall–Kier alpha value is 4.14. The number of rotatable bonds is 0. The maximum absolute atomic E-state index is 5.38. The van der Waals surface area contributed by atoms with Crippen molar-refractivity contribution in [3.63, 3.8) is 0 Å². The van der Waals surface area contributed by atoms with Crippen molar-refractivity contribution in [2.45, 2.75) is 0 Å². The summed E-state index contributed by atoms with van der Waals surface area (Å²) in [5.41, 5.74) is 0. The van der Waals surface area contributed by atoms with Crippen LogP contribution in [0.15, 0.2) is 0 Å². The predicted octanol–water partition coefficient (Wildman–Crippen LogP) is -6.81. The first-order valence-electron chi connectivity index (χ1n) is 0.802. The van der Waals surface area contributed by atoms with Gasteiger partial charge in [-0.15, -0.1) is 0 Å². The fourth-order valence-corrected chi connectivity index (χ4v) is 0. The van der Waals surface area contributed by atoms with Crippen LogP contribution in [-0.2, 0) is 6.64 Å². The van der Waals surface area contributed by atoms with Crippen LogP contribution in [0.2, 0.25) is 0 Å². The van der Waals surface area contributed by atoms with Gasteiger partial charge in [0.25, 0.3) is 0 Å². The van der Waals surface area contributed by atoms with Crippen LogP contribution in [0.25, 0.3) is 0 Å². The summed E-state index contributed by atoms with van der Waals surface area (Å²) in [6.07, 6.45) is 0. The summed E-state index contributed by atoms with van der Waals surface area (Å²) in [4.78, 5) is 0. The fraction of sp³-hybridized carbons (Fsp3) is 0. The molecule has 0 aromatic rings. The molecule has 15 heteroatoms. The summed E-state index contributed by atoms with van der Waals surface area (Å²) in [7, 11) is 30.4. The minimum atomic E-state index is -5.38. The maximum Gasteiger partial charge on any atom is 1.00 e. The Labute approximate surface area is 153 Å². The normalized spacial score (nSPS) is 10.8. The molecule has 0 saturated heterocycles. The van der Waals surface area contributed by atoms with E-state index in [4.69, 9.17) is 57.8 Å². The molecule has 0 aliphatic heterocycles. The van der Waals surface area contributed by atoms with Gasteiger partial charge in [-0.1, -0.05) is 0 Å². The van der Waals surface area contributed by atoms with E-state index in [1.807, 2.05) is 0 Å². The topological polar surface area (TPSA) is 189 Å². The van der Waals surface area contributed by atoms with Gasteiger partial charge in [0.1, 0.15) is 0 Å². The van der Waals surface area contributed by atoms with Gasteiger partial charge < -0.3 is 32.9 Å². The smallest absolute Gasteiger partial charge is 1.00 e. The first kappa shape index (κ1) is 61.3. The third-order valence-corrected chi connectivity index (χ3v) is 0. The Bertz CT molecular complexity index is 84.2. The van der Waals surface area contributed by atoms with Crippen molar-refractivity contribution in [3.8, 4) is 0 Å². The molecule has 0 aliphatic rings. The number of hydrogen-bond donors (Lipinski definition) is 0. The summed E-state index contributed by atoms with van der Waals surface area (Å²) in [6.45, 7) is -5.38. The van der Waals surface area contributed by atoms with E-state index in [9.17, 15) is 0 Å². The standard InChI is InChI=1S/6ClH.2Na.6H2O.Os/h6*1H;;;6*1H2;/q;;;;;;2*+1;;;;;;;+4/p-6. The number of halogens is 6. The van der Waals surface area contributed by atoms with Crippen LogP contribution < -0.4 is 59.1 Å². The van der Waals surface area contributed by atoms with Crippen LogP contribution in [-0.4, -0.2) is 32.9 Å². The Kier molecular flexibility index (Phi) is 59.4. The summed E-state index contributed by atoms with van der Waals surface area (Å²) in [5, 5.41) is 0. The van der Waals surface area contributed by atoms with Crippen LogP contribution in [0, 0.1) is 0 Å². The molecule has 0 unspecified atom stereocenters. The molecule has 100 valence electrons. The van der Waals surface area contributed by atoms with Crippen molar-refractivity contribution in [1.29, 1.82) is 0 Å². The van der Waals surface area contributed by atoms with E-state index >= 15 is 0 Å². The number of hydrogen-bond acceptors (Lipinski definition) is 0. The Morgan fingerprint density at radius 3 is 0.400 bits per heavy atom. The largest absolute Gasteiger partial charge is 1.00 e. The van der Waals surface area contributed by atoms with Gasteiger partial charge in [0.05, 0.1) is 0 Å². The minimum Gasteiger partial charge on any atom is 1.00 e. The first-order chi connectivity index (χ1) is 2.45. The van der Waals surface area contributed by atoms with E-state index in [0.29, 0.717) is 0 Å². The van der Waals surface area contributed by atoms with E-state index in [-0.39, 0.29) is 92.0 Å². The van der Waals surface area contributed by atoms with Crippen LogP contribution in [0.4, 0.5) is 0 Å². The zero-order valence-corrected chi connectivity index (χ0v) is 18.7. The summed E-state index contributed by atoms with van der Waals surface area (Å²) < 4.78 is 0. The third-order valence-electron chi connectivity index (χ3n) is 0. The molecule has 0 radical (unpaired) electrons. The summed E-state index contributed by atoms with van der Waals surface area (Å²) in [6, 6.07) is 0. The molecular weight excluding hydrogens is 545 g/mol. The van der Waals surface area contributed by atoms with Crippen LogP contribution >= 0.6 is 57.8 Å². The molecular formula is H12Cl6Na2O6Os. The molecule has 6 nitrogen and oxygen atoms in total. The van der Waals surface area contributed by atoms with Gasteiger partial charge in [-0.3, -0.25) is 0 Å². The zero-order valence-electron chi connectivity index (χ0n) is 7.62. The average molecular weight is 557 g/mol. The van der Waals surface area contributed by atoms with Gasteiger partial charge in [-0.25, -0.2) is 0 Å². The van der Waals surface area contributed by atoms with E-state index in [2.05, 4.69) is 0 Å².